The average Bonchev–Trinajstić information content (AvgIpc) is 3.82. The number of nitrogens with zero attached hydrogens (tertiary/aromatic N) is 3. The molecule has 9 aromatic rings. The molecule has 0 spiro atoms. The molecule has 0 aliphatic carbocycles. The van der Waals surface area contributed by atoms with Crippen LogP contribution in [-0.2, 0) is 16.2 Å². The third-order valence-corrected chi connectivity index (χ3v) is 15.7. The minimum absolute atomic E-state index is 0.0209. The van der Waals surface area contributed by atoms with E-state index < -0.39 is 0 Å². The highest BCUT2D eigenvalue weighted by Crippen LogP contribution is 2.45. The summed E-state index contributed by atoms with van der Waals surface area (Å²) in [6.45, 7) is 30.5. The molecule has 4 heterocycles. The number of para-hydroxylation sites is 1. The Hall–Kier alpha value is -5.78. The van der Waals surface area contributed by atoms with E-state index in [1.54, 1.807) is 0 Å². The molecule has 0 saturated carbocycles. The summed E-state index contributed by atoms with van der Waals surface area (Å²) in [5, 5.41) is 2.69. The van der Waals surface area contributed by atoms with Crippen molar-refractivity contribution in [2.45, 2.75) is 128 Å². The molecule has 2 aliphatic heterocycles. The Bertz CT molecular complexity index is 3430. The summed E-state index contributed by atoms with van der Waals surface area (Å²) < 4.78 is 5.12. The first-order chi connectivity index (χ1) is 31.3. The van der Waals surface area contributed by atoms with Gasteiger partial charge in [-0.3, -0.25) is 4.57 Å². The third-order valence-electron chi connectivity index (χ3n) is 14.6. The maximum absolute atomic E-state index is 5.45. The van der Waals surface area contributed by atoms with Gasteiger partial charge >= 0.3 is 0 Å². The molecular weight excluding hydrogens is 818 g/mol. The van der Waals surface area contributed by atoms with Gasteiger partial charge in [0.05, 0.1) is 22.2 Å². The zero-order valence-electron chi connectivity index (χ0n) is 41.1. The molecule has 0 bridgehead atoms. The predicted octanol–water partition coefficient (Wildman–Crippen LogP) is 14.9. The largest absolute Gasteiger partial charge is 0.310 e. The van der Waals surface area contributed by atoms with Gasteiger partial charge in [-0.1, -0.05) is 186 Å². The van der Waals surface area contributed by atoms with Crippen LogP contribution in [0.4, 0.5) is 0 Å². The molecule has 0 saturated heterocycles. The fourth-order valence-corrected chi connectivity index (χ4v) is 12.0. The molecule has 5 heteroatoms. The van der Waals surface area contributed by atoms with E-state index in [9.17, 15) is 0 Å². The smallest absolute Gasteiger partial charge is 0.249 e. The van der Waals surface area contributed by atoms with Crippen LogP contribution >= 0.6 is 11.8 Å². The van der Waals surface area contributed by atoms with Gasteiger partial charge in [-0.25, -0.2) is 4.98 Å². The lowest BCUT2D eigenvalue weighted by atomic mass is 9.35. The van der Waals surface area contributed by atoms with Gasteiger partial charge in [0.2, 0.25) is 6.71 Å². The van der Waals surface area contributed by atoms with Crippen molar-refractivity contribution in [3.05, 3.63) is 155 Å². The fourth-order valence-electron chi connectivity index (χ4n) is 10.8. The lowest BCUT2D eigenvalue weighted by Crippen LogP contribution is -2.59. The number of hydrogen-bond donors (Lipinski definition) is 0. The molecule has 0 N–H and O–H groups in total. The fraction of sp³-hybridized carbons (Fsp3) is 0.295. The van der Waals surface area contributed by atoms with Crippen LogP contribution in [0.5, 0.6) is 0 Å². The molecule has 7 aromatic carbocycles. The van der Waals surface area contributed by atoms with E-state index in [-0.39, 0.29) is 23.0 Å². The topological polar surface area (TPSA) is 22.8 Å². The molecule has 2 aromatic heterocycles. The highest BCUT2D eigenvalue weighted by molar-refractivity contribution is 8.00. The van der Waals surface area contributed by atoms with E-state index >= 15 is 0 Å². The maximum Gasteiger partial charge on any atom is 0.249 e. The summed E-state index contributed by atoms with van der Waals surface area (Å²) in [7, 11) is 0. The van der Waals surface area contributed by atoms with Crippen molar-refractivity contribution in [2.75, 3.05) is 0 Å². The second-order valence-corrected chi connectivity index (χ2v) is 24.0. The zero-order chi connectivity index (χ0) is 46.4. The Morgan fingerprint density at radius 1 is 0.500 bits per heavy atom. The van der Waals surface area contributed by atoms with Gasteiger partial charge in [0.25, 0.3) is 0 Å². The van der Waals surface area contributed by atoms with Crippen LogP contribution in [0.3, 0.4) is 0 Å². The molecule has 0 radical (unpaired) electrons. The van der Waals surface area contributed by atoms with E-state index in [0.29, 0.717) is 11.8 Å². The first-order valence-corrected chi connectivity index (χ1v) is 24.9. The second-order valence-electron chi connectivity index (χ2n) is 22.9. The van der Waals surface area contributed by atoms with Gasteiger partial charge in [-0.2, -0.15) is 0 Å². The average molecular weight is 880 g/mol. The van der Waals surface area contributed by atoms with Crippen LogP contribution in [0.1, 0.15) is 130 Å². The summed E-state index contributed by atoms with van der Waals surface area (Å²) in [6, 6.07) is 49.3. The molecule has 11 rings (SSSR count). The number of fused-ring (bicyclic) bond motifs is 8. The van der Waals surface area contributed by atoms with Gasteiger partial charge in [-0.15, -0.1) is 0 Å². The Kier molecular flexibility index (Phi) is 9.65. The minimum atomic E-state index is -0.0234. The van der Waals surface area contributed by atoms with Gasteiger partial charge in [0, 0.05) is 37.3 Å². The quantitative estimate of drug-likeness (QED) is 0.161. The van der Waals surface area contributed by atoms with Crippen LogP contribution in [0.25, 0.3) is 66.7 Å². The van der Waals surface area contributed by atoms with Gasteiger partial charge < -0.3 is 4.57 Å². The molecule has 66 heavy (non-hydrogen) atoms. The molecule has 3 nitrogen and oxygen atoms in total. The number of benzene rings is 7. The Morgan fingerprint density at radius 2 is 1.14 bits per heavy atom. The minimum Gasteiger partial charge on any atom is -0.310 e. The first kappa shape index (κ1) is 42.8. The lowest BCUT2D eigenvalue weighted by Gasteiger charge is -2.35. The third kappa shape index (κ3) is 6.66. The number of aromatic nitrogens is 3. The molecule has 2 aliphatic rings. The Labute approximate surface area is 396 Å². The normalized spacial score (nSPS) is 13.7. The highest BCUT2D eigenvalue weighted by atomic mass is 32.2. The van der Waals surface area contributed by atoms with Crippen LogP contribution in [-0.4, -0.2) is 20.8 Å². The summed E-state index contributed by atoms with van der Waals surface area (Å²) >= 11 is 1.95. The van der Waals surface area contributed by atoms with Crippen molar-refractivity contribution >= 4 is 67.7 Å². The molecule has 0 fully saturated rings. The first-order valence-electron chi connectivity index (χ1n) is 24.1. The molecule has 0 atom stereocenters. The lowest BCUT2D eigenvalue weighted by molar-refractivity contribution is 0.590. The summed E-state index contributed by atoms with van der Waals surface area (Å²) in [5.41, 5.74) is 21.9. The monoisotopic (exact) mass is 879 g/mol. The van der Waals surface area contributed by atoms with Crippen molar-refractivity contribution in [1.82, 2.24) is 14.1 Å². The van der Waals surface area contributed by atoms with Crippen molar-refractivity contribution in [2.24, 2.45) is 0 Å². The van der Waals surface area contributed by atoms with Gasteiger partial charge in [0.1, 0.15) is 5.82 Å². The summed E-state index contributed by atoms with van der Waals surface area (Å²) in [4.78, 5) is 8.14. The Morgan fingerprint density at radius 3 is 1.80 bits per heavy atom. The van der Waals surface area contributed by atoms with E-state index in [1.165, 1.54) is 98.3 Å². The second kappa shape index (κ2) is 14.9. The molecule has 0 unspecified atom stereocenters. The van der Waals surface area contributed by atoms with E-state index in [1.807, 2.05) is 11.8 Å². The van der Waals surface area contributed by atoms with Crippen LogP contribution in [0, 0.1) is 0 Å². The van der Waals surface area contributed by atoms with Crippen LogP contribution in [0.15, 0.2) is 137 Å². The molecule has 330 valence electrons. The number of rotatable bonds is 5. The predicted molar refractivity (Wildman–Crippen MR) is 286 cm³/mol. The maximum atomic E-state index is 5.45. The van der Waals surface area contributed by atoms with Crippen molar-refractivity contribution in [3.8, 4) is 33.9 Å². The van der Waals surface area contributed by atoms with Crippen molar-refractivity contribution in [3.63, 3.8) is 0 Å². The zero-order valence-corrected chi connectivity index (χ0v) is 41.9. The van der Waals surface area contributed by atoms with Crippen LogP contribution < -0.4 is 16.4 Å². The van der Waals surface area contributed by atoms with Gasteiger partial charge in [-0.05, 0) is 126 Å². The molecular formula is C61H62BN3S. The number of hydrogen-bond acceptors (Lipinski definition) is 2. The summed E-state index contributed by atoms with van der Waals surface area (Å²) in [6.07, 6.45) is 0. The van der Waals surface area contributed by atoms with E-state index in [4.69, 9.17) is 4.98 Å². The standard InChI is InChI=1S/C61H62BN3S/c1-35(2)43-20-17-21-44(36(3)4)56(43)65-51-28-38(22-25-49(51)63-58(65)37-18-15-14-16-19-37)39-29-52-55-54(30-39)66-53-27-24-41(60(8,9)10)33-47(53)62(55)48-34-42(61(11,12)13)32-46-45-31-40(59(5,6)7)23-26-50(45)64(52)57(46)48/h14-36H,1-13H3. The van der Waals surface area contributed by atoms with Gasteiger partial charge in [0.15, 0.2) is 0 Å². The summed E-state index contributed by atoms with van der Waals surface area (Å²) in [5.74, 6) is 1.64. The van der Waals surface area contributed by atoms with Crippen molar-refractivity contribution in [1.29, 1.82) is 0 Å². The Balaban J connectivity index is 1.23. The van der Waals surface area contributed by atoms with Crippen molar-refractivity contribution < 1.29 is 0 Å². The van der Waals surface area contributed by atoms with Crippen LogP contribution in [0.2, 0.25) is 0 Å². The SMILES string of the molecule is CC(C)c1cccc(C(C)C)c1-n1c(-c2ccccc2)nc2ccc(-c3cc4c5c(c3)-n3c6ccc(C(C)(C)C)cc6c6cc(C(C)(C)C)cc(c63)B5c3cc(C(C)(C)C)ccc3S4)cc21. The number of imidazole rings is 1. The van der Waals surface area contributed by atoms with E-state index in [0.717, 1.165) is 22.4 Å². The highest BCUT2D eigenvalue weighted by Gasteiger charge is 2.41. The van der Waals surface area contributed by atoms with E-state index in [2.05, 4.69) is 227 Å². The molecule has 0 amide bonds.